The quantitative estimate of drug-likeness (QED) is 0.0316. The second-order valence-corrected chi connectivity index (χ2v) is 37.9. The summed E-state index contributed by atoms with van der Waals surface area (Å²) in [6, 6.07) is 0. The van der Waals surface area contributed by atoms with E-state index in [-0.39, 0.29) is 175 Å². The van der Waals surface area contributed by atoms with Crippen LogP contribution in [0, 0.1) is 116 Å². The largest absolute Gasteiger partial charge is 0.463 e. The molecule has 20 fully saturated rings. The minimum atomic E-state index is -0.593. The van der Waals surface area contributed by atoms with Gasteiger partial charge >= 0.3 is 29.8 Å². The van der Waals surface area contributed by atoms with Gasteiger partial charge < -0.3 is 61.6 Å². The fourth-order valence-corrected chi connectivity index (χ4v) is 27.8. The molecule has 18 heteroatoms. The van der Waals surface area contributed by atoms with Crippen LogP contribution in [-0.4, -0.2) is 167 Å². The Kier molecular flexibility index (Phi) is 23.4. The normalized spacial score (nSPS) is 40.2. The highest BCUT2D eigenvalue weighted by Gasteiger charge is 2.57. The Bertz CT molecular complexity index is 2580. The monoisotopic (exact) mass is 1400 g/mol. The lowest BCUT2D eigenvalue weighted by molar-refractivity contribution is -0.158. The summed E-state index contributed by atoms with van der Waals surface area (Å²) in [6.07, 6.45) is 37.6. The third-order valence-electron chi connectivity index (χ3n) is 28.9. The molecule has 4 unspecified atom stereocenters. The summed E-state index contributed by atoms with van der Waals surface area (Å²) in [5, 5.41) is 0. The molecule has 20 bridgehead atoms. The van der Waals surface area contributed by atoms with E-state index in [1.54, 1.807) is 0 Å². The smallest absolute Gasteiger partial charge is 0.306 e. The first-order chi connectivity index (χ1) is 48.5. The first-order valence-electron chi connectivity index (χ1n) is 41.0. The lowest BCUT2D eigenvalue weighted by Gasteiger charge is -2.56. The molecule has 18 nitrogen and oxygen atoms in total. The number of carbonyl (C=O) groups is 5. The van der Waals surface area contributed by atoms with Crippen LogP contribution in [0.3, 0.4) is 0 Å². The van der Waals surface area contributed by atoms with Crippen LogP contribution in [-0.2, 0) is 85.6 Å². The summed E-state index contributed by atoms with van der Waals surface area (Å²) in [6.45, 7) is 4.64. The average molecular weight is 1400 g/mol. The molecule has 20 aliphatic rings. The molecule has 0 amide bonds. The third-order valence-corrected chi connectivity index (χ3v) is 28.9. The molecule has 20 saturated carbocycles. The number of ether oxygens (including phenoxy) is 13. The van der Waals surface area contributed by atoms with Crippen molar-refractivity contribution in [2.45, 2.75) is 256 Å². The topological polar surface area (TPSA) is 205 Å². The van der Waals surface area contributed by atoms with Gasteiger partial charge in [-0.25, -0.2) is 0 Å². The molecule has 4 atom stereocenters. The summed E-state index contributed by atoms with van der Waals surface area (Å²) >= 11 is 0. The number of rotatable bonds is 43. The molecule has 0 saturated heterocycles. The van der Waals surface area contributed by atoms with Crippen LogP contribution >= 0.6 is 0 Å². The molecule has 0 aliphatic heterocycles. The van der Waals surface area contributed by atoms with Crippen LogP contribution in [0.25, 0.3) is 0 Å². The van der Waals surface area contributed by atoms with Crippen LogP contribution in [0.4, 0.5) is 0 Å². The highest BCUT2D eigenvalue weighted by atomic mass is 16.6. The minimum Gasteiger partial charge on any atom is -0.463 e. The van der Waals surface area contributed by atoms with Gasteiger partial charge in [0.05, 0.1) is 117 Å². The zero-order chi connectivity index (χ0) is 68.3. The zero-order valence-corrected chi connectivity index (χ0v) is 61.1. The first kappa shape index (κ1) is 72.6. The molecule has 0 spiro atoms. The van der Waals surface area contributed by atoms with Gasteiger partial charge in [0.15, 0.2) is 0 Å². The fourth-order valence-electron chi connectivity index (χ4n) is 27.8. The predicted octanol–water partition coefficient (Wildman–Crippen LogP) is 13.4. The fraction of sp³-hybridized carbons (Fsp3) is 0.939. The van der Waals surface area contributed by atoms with Gasteiger partial charge in [-0.3, -0.25) is 24.0 Å². The summed E-state index contributed by atoms with van der Waals surface area (Å²) in [5.41, 5.74) is 0.469. The van der Waals surface area contributed by atoms with E-state index in [1.807, 2.05) is 6.92 Å². The Morgan fingerprint density at radius 1 is 0.240 bits per heavy atom. The molecule has 0 aromatic heterocycles. The predicted molar refractivity (Wildman–Crippen MR) is 369 cm³/mol. The minimum absolute atomic E-state index is 0.0691. The summed E-state index contributed by atoms with van der Waals surface area (Å²) in [7, 11) is 0. The van der Waals surface area contributed by atoms with Gasteiger partial charge in [-0.15, -0.1) is 0 Å². The van der Waals surface area contributed by atoms with E-state index in [9.17, 15) is 24.0 Å². The van der Waals surface area contributed by atoms with E-state index in [2.05, 4.69) is 0 Å². The van der Waals surface area contributed by atoms with Crippen molar-refractivity contribution in [3.05, 3.63) is 0 Å². The van der Waals surface area contributed by atoms with E-state index in [0.717, 1.165) is 166 Å². The third kappa shape index (κ3) is 18.9. The summed E-state index contributed by atoms with van der Waals surface area (Å²) in [5.74, 6) is 10.7. The van der Waals surface area contributed by atoms with E-state index in [4.69, 9.17) is 61.6 Å². The van der Waals surface area contributed by atoms with Crippen molar-refractivity contribution in [2.75, 3.05) is 112 Å². The number of hydrogen-bond acceptors (Lipinski definition) is 18. The van der Waals surface area contributed by atoms with Gasteiger partial charge in [0.2, 0.25) is 0 Å². The second kappa shape index (κ2) is 32.2. The maximum absolute atomic E-state index is 13.6. The highest BCUT2D eigenvalue weighted by molar-refractivity contribution is 5.72. The van der Waals surface area contributed by atoms with Crippen molar-refractivity contribution < 1.29 is 85.6 Å². The maximum Gasteiger partial charge on any atom is 0.306 e. The van der Waals surface area contributed by atoms with Crippen molar-refractivity contribution in [2.24, 2.45) is 116 Å². The van der Waals surface area contributed by atoms with Crippen molar-refractivity contribution in [1.29, 1.82) is 0 Å². The number of hydrogen-bond donors (Lipinski definition) is 0. The molecule has 0 aromatic rings. The zero-order valence-electron chi connectivity index (χ0n) is 61.1. The molecule has 20 aliphatic carbocycles. The molecule has 562 valence electrons. The van der Waals surface area contributed by atoms with Crippen LogP contribution < -0.4 is 0 Å². The molecular formula is C82H126O18. The van der Waals surface area contributed by atoms with E-state index in [1.165, 1.54) is 116 Å². The van der Waals surface area contributed by atoms with Crippen LogP contribution in [0.15, 0.2) is 0 Å². The maximum atomic E-state index is 13.6. The van der Waals surface area contributed by atoms with Crippen molar-refractivity contribution in [3.8, 4) is 0 Å². The van der Waals surface area contributed by atoms with E-state index in [0.29, 0.717) is 32.1 Å². The average Bonchev–Trinajstić information content (AvgIpc) is 0.784. The SMILES string of the molecule is CC(COCC(COCC(COCC(COCCOC(=O)CC12CC3CC(CC(C3)C1)C2)OCCOC(=O)CC12CC3CC(CC(C3)C1)C2)OCCOC(=O)CC12CC3CC(CC(C3)C1)C2)OCCOC(=O)CC12CC3CC(CC(C3)C1)C2)OCCOC(=O)CC12CC3CC(CC(C3)C1)C2. The molecule has 0 aromatic carbocycles. The highest BCUT2D eigenvalue weighted by Crippen LogP contribution is 2.66. The van der Waals surface area contributed by atoms with Gasteiger partial charge in [0.25, 0.3) is 0 Å². The van der Waals surface area contributed by atoms with E-state index >= 15 is 0 Å². The molecular weight excluding hydrogens is 1270 g/mol. The van der Waals surface area contributed by atoms with Crippen LogP contribution in [0.2, 0.25) is 0 Å². The lowest BCUT2D eigenvalue weighted by Crippen LogP contribution is -2.47. The van der Waals surface area contributed by atoms with Gasteiger partial charge in [0.1, 0.15) is 51.3 Å². The number of carbonyl (C=O) groups excluding carboxylic acids is 5. The Morgan fingerprint density at radius 3 is 0.640 bits per heavy atom. The lowest BCUT2D eigenvalue weighted by atomic mass is 9.49. The first-order valence-corrected chi connectivity index (χ1v) is 41.0. The van der Waals surface area contributed by atoms with Crippen LogP contribution in [0.5, 0.6) is 0 Å². The molecule has 0 N–H and O–H groups in total. The van der Waals surface area contributed by atoms with Gasteiger partial charge in [-0.1, -0.05) is 0 Å². The Labute approximate surface area is 596 Å². The van der Waals surface area contributed by atoms with Crippen LogP contribution in [0.1, 0.15) is 232 Å². The van der Waals surface area contributed by atoms with Crippen molar-refractivity contribution in [1.82, 2.24) is 0 Å². The van der Waals surface area contributed by atoms with Crippen molar-refractivity contribution in [3.63, 3.8) is 0 Å². The van der Waals surface area contributed by atoms with Gasteiger partial charge in [-0.2, -0.15) is 0 Å². The number of esters is 5. The van der Waals surface area contributed by atoms with Gasteiger partial charge in [0, 0.05) is 0 Å². The molecule has 100 heavy (non-hydrogen) atoms. The van der Waals surface area contributed by atoms with E-state index < -0.39 is 18.3 Å². The van der Waals surface area contributed by atoms with Crippen molar-refractivity contribution >= 4 is 29.8 Å². The standard InChI is InChI=1S/C82H126O18/c1-54(92-4-8-97-74(84)43-79-30-58-15-59(31-79)17-60(16-58)32-79)47-89-49-71(94-6-10-99-76(86)45-81-36-64-21-65(37-81)23-66(22-64)38-81)51-91-53-72(95-7-11-100-77(87)46-82-39-67-24-68(40-82)26-69(25-67)41-82)52-90-50-70(93-5-9-98-75(85)44-80-33-61-18-62(34-80)20-63(19-61)35-80)48-88-2-3-96-73(83)42-78-27-55-12-56(28-78)14-57(13-55)29-78/h54-72H,2-53H2,1H3. The van der Waals surface area contributed by atoms with Gasteiger partial charge in [-0.05, 0) is 315 Å². The Hall–Kier alpha value is -2.97. The Morgan fingerprint density at radius 2 is 0.420 bits per heavy atom. The second-order valence-electron chi connectivity index (χ2n) is 37.9. The summed E-state index contributed by atoms with van der Waals surface area (Å²) < 4.78 is 80.0. The Balaban J connectivity index is 0.543. The molecule has 0 heterocycles. The molecule has 20 rings (SSSR count). The summed E-state index contributed by atoms with van der Waals surface area (Å²) in [4.78, 5) is 67.0. The molecule has 0 radical (unpaired) electrons.